The number of benzene rings is 1. The number of hydrogen-bond donors (Lipinski definition) is 3. The first-order valence-corrected chi connectivity index (χ1v) is 13.7. The Kier molecular flexibility index (Phi) is 15.7. The minimum atomic E-state index is -3.37. The average molecular weight is 456 g/mol. The third kappa shape index (κ3) is 15.6. The number of anilines is 1. The van der Waals surface area contributed by atoms with E-state index in [0.29, 0.717) is 6.42 Å². The Balaban J connectivity index is 1.93. The Labute approximate surface area is 189 Å². The van der Waals surface area contributed by atoms with Gasteiger partial charge in [0.25, 0.3) is 0 Å². The van der Waals surface area contributed by atoms with Gasteiger partial charge in [0.05, 0.1) is 5.75 Å². The molecule has 0 saturated heterocycles. The van der Waals surface area contributed by atoms with Crippen LogP contribution in [0.1, 0.15) is 96.8 Å². The molecule has 172 valence electrons. The second-order valence-corrected chi connectivity index (χ2v) is 10.2. The molecule has 0 saturated carbocycles. The Morgan fingerprint density at radius 2 is 1.23 bits per heavy atom. The van der Waals surface area contributed by atoms with Crippen molar-refractivity contribution in [1.82, 2.24) is 10.3 Å². The highest BCUT2D eigenvalue weighted by atomic mass is 32.2. The van der Waals surface area contributed by atoms with Crippen LogP contribution in [-0.4, -0.2) is 19.3 Å². The quantitative estimate of drug-likeness (QED) is 0.138. The van der Waals surface area contributed by atoms with E-state index in [0.717, 1.165) is 18.5 Å². The van der Waals surface area contributed by atoms with Crippen LogP contribution in [0.2, 0.25) is 0 Å². The van der Waals surface area contributed by atoms with Crippen LogP contribution in [0.5, 0.6) is 0 Å². The van der Waals surface area contributed by atoms with Gasteiger partial charge in [-0.15, -0.1) is 4.83 Å². The van der Waals surface area contributed by atoms with Gasteiger partial charge in [0.2, 0.25) is 10.0 Å². The van der Waals surface area contributed by atoms with E-state index in [2.05, 4.69) is 22.5 Å². The van der Waals surface area contributed by atoms with Crippen molar-refractivity contribution < 1.29 is 8.42 Å². The van der Waals surface area contributed by atoms with Crippen molar-refractivity contribution in [1.29, 1.82) is 0 Å². The van der Waals surface area contributed by atoms with Crippen molar-refractivity contribution in [2.75, 3.05) is 11.1 Å². The molecule has 0 radical (unpaired) electrons. The number of rotatable bonds is 18. The fraction of sp³-hybridized carbons (Fsp3) is 0.696. The normalized spacial score (nSPS) is 11.4. The number of hydrogen-bond acceptors (Lipinski definition) is 3. The van der Waals surface area contributed by atoms with E-state index in [1.807, 2.05) is 30.3 Å². The summed E-state index contributed by atoms with van der Waals surface area (Å²) in [4.78, 5) is 2.34. The van der Waals surface area contributed by atoms with E-state index in [4.69, 9.17) is 12.2 Å². The summed E-state index contributed by atoms with van der Waals surface area (Å²) in [5.74, 6) is 0.117. The Morgan fingerprint density at radius 1 is 0.767 bits per heavy atom. The fourth-order valence-corrected chi connectivity index (χ4v) is 4.52. The number of thiocarbonyl (C=S) groups is 1. The van der Waals surface area contributed by atoms with Crippen molar-refractivity contribution in [3.05, 3.63) is 30.3 Å². The molecule has 0 aliphatic rings. The van der Waals surface area contributed by atoms with E-state index in [1.165, 1.54) is 70.6 Å². The zero-order chi connectivity index (χ0) is 21.9. The van der Waals surface area contributed by atoms with Gasteiger partial charge < -0.3 is 5.32 Å². The summed E-state index contributed by atoms with van der Waals surface area (Å²) in [5.41, 5.74) is 3.36. The standard InChI is InChI=1S/C23H41N3O2S2/c1-2-3-4-5-6-7-8-9-10-11-12-13-14-18-21-30(27,28)26-25-23(29)24-22-19-16-15-17-20-22/h15-17,19-20,26H,2-14,18,21H2,1H3,(H2,24,25,29). The molecule has 0 unspecified atom stereocenters. The summed E-state index contributed by atoms with van der Waals surface area (Å²) in [6.45, 7) is 2.26. The Bertz CT molecular complexity index is 652. The van der Waals surface area contributed by atoms with E-state index in [-0.39, 0.29) is 10.9 Å². The molecule has 0 fully saturated rings. The highest BCUT2D eigenvalue weighted by molar-refractivity contribution is 7.89. The second-order valence-electron chi connectivity index (χ2n) is 7.96. The number of hydrazine groups is 1. The molecule has 5 nitrogen and oxygen atoms in total. The van der Waals surface area contributed by atoms with Gasteiger partial charge in [0.15, 0.2) is 5.11 Å². The smallest absolute Gasteiger partial charge is 0.228 e. The number of unbranched alkanes of at least 4 members (excludes halogenated alkanes) is 13. The van der Waals surface area contributed by atoms with Crippen molar-refractivity contribution in [3.8, 4) is 0 Å². The molecule has 7 heteroatoms. The molecule has 1 rings (SSSR count). The number of para-hydroxylation sites is 1. The predicted molar refractivity (Wildman–Crippen MR) is 133 cm³/mol. The van der Waals surface area contributed by atoms with Crippen LogP contribution in [0.4, 0.5) is 5.69 Å². The highest BCUT2D eigenvalue weighted by Crippen LogP contribution is 2.13. The minimum absolute atomic E-state index is 0.117. The molecule has 0 aliphatic carbocycles. The molecule has 0 bridgehead atoms. The van der Waals surface area contributed by atoms with Gasteiger partial charge in [0.1, 0.15) is 0 Å². The van der Waals surface area contributed by atoms with E-state index in [1.54, 1.807) is 0 Å². The zero-order valence-corrected chi connectivity index (χ0v) is 20.3. The first-order chi connectivity index (χ1) is 14.5. The SMILES string of the molecule is CCCCCCCCCCCCCCCCS(=O)(=O)NNC(=S)Nc1ccccc1. The van der Waals surface area contributed by atoms with Gasteiger partial charge >= 0.3 is 0 Å². The van der Waals surface area contributed by atoms with Gasteiger partial charge in [-0.2, -0.15) is 0 Å². The Morgan fingerprint density at radius 3 is 1.73 bits per heavy atom. The van der Waals surface area contributed by atoms with Crippen LogP contribution in [0.25, 0.3) is 0 Å². The molecule has 0 heterocycles. The van der Waals surface area contributed by atoms with Crippen molar-refractivity contribution >= 4 is 33.0 Å². The molecule has 0 spiro atoms. The second kappa shape index (κ2) is 17.5. The summed E-state index contributed by atoms with van der Waals surface area (Å²) in [6.07, 6.45) is 17.5. The van der Waals surface area contributed by atoms with Crippen molar-refractivity contribution in [2.24, 2.45) is 0 Å². The highest BCUT2D eigenvalue weighted by Gasteiger charge is 2.10. The molecular weight excluding hydrogens is 414 g/mol. The Hall–Kier alpha value is -1.18. The monoisotopic (exact) mass is 455 g/mol. The lowest BCUT2D eigenvalue weighted by molar-refractivity contribution is 0.536. The van der Waals surface area contributed by atoms with E-state index >= 15 is 0 Å². The number of nitrogens with one attached hydrogen (secondary N) is 3. The lowest BCUT2D eigenvalue weighted by Gasteiger charge is -2.12. The molecule has 3 N–H and O–H groups in total. The zero-order valence-electron chi connectivity index (χ0n) is 18.6. The maximum Gasteiger partial charge on any atom is 0.228 e. The largest absolute Gasteiger partial charge is 0.332 e. The van der Waals surface area contributed by atoms with Gasteiger partial charge in [-0.25, -0.2) is 8.42 Å². The summed E-state index contributed by atoms with van der Waals surface area (Å²) in [5, 5.41) is 3.16. The summed E-state index contributed by atoms with van der Waals surface area (Å²) < 4.78 is 24.1. The molecule has 0 atom stereocenters. The van der Waals surface area contributed by atoms with Crippen LogP contribution in [-0.2, 0) is 10.0 Å². The summed E-state index contributed by atoms with van der Waals surface area (Å²) in [7, 11) is -3.37. The molecule has 0 aromatic heterocycles. The lowest BCUT2D eigenvalue weighted by Crippen LogP contribution is -2.44. The minimum Gasteiger partial charge on any atom is -0.332 e. The van der Waals surface area contributed by atoms with E-state index in [9.17, 15) is 8.42 Å². The van der Waals surface area contributed by atoms with E-state index < -0.39 is 10.0 Å². The third-order valence-electron chi connectivity index (χ3n) is 5.12. The van der Waals surface area contributed by atoms with Gasteiger partial charge in [-0.1, -0.05) is 109 Å². The molecular formula is C23H41N3O2S2. The maximum absolute atomic E-state index is 12.0. The van der Waals surface area contributed by atoms with Crippen molar-refractivity contribution in [2.45, 2.75) is 96.8 Å². The lowest BCUT2D eigenvalue weighted by atomic mass is 10.0. The fourth-order valence-electron chi connectivity index (χ4n) is 3.35. The molecule has 1 aromatic rings. The predicted octanol–water partition coefficient (Wildman–Crippen LogP) is 6.29. The van der Waals surface area contributed by atoms with Crippen LogP contribution >= 0.6 is 12.2 Å². The third-order valence-corrected chi connectivity index (χ3v) is 6.56. The van der Waals surface area contributed by atoms with Crippen LogP contribution in [0.15, 0.2) is 30.3 Å². The molecule has 0 aliphatic heterocycles. The van der Waals surface area contributed by atoms with Crippen LogP contribution in [0, 0.1) is 0 Å². The summed E-state index contributed by atoms with van der Waals surface area (Å²) in [6, 6.07) is 9.38. The topological polar surface area (TPSA) is 70.2 Å². The first kappa shape index (κ1) is 26.9. The molecule has 30 heavy (non-hydrogen) atoms. The average Bonchev–Trinajstić information content (AvgIpc) is 2.73. The maximum atomic E-state index is 12.0. The first-order valence-electron chi connectivity index (χ1n) is 11.6. The molecule has 0 amide bonds. The van der Waals surface area contributed by atoms with Gasteiger partial charge in [-0.3, -0.25) is 5.43 Å². The number of sulfonamides is 1. The van der Waals surface area contributed by atoms with Crippen LogP contribution < -0.4 is 15.6 Å². The van der Waals surface area contributed by atoms with Gasteiger partial charge in [-0.05, 0) is 30.8 Å². The van der Waals surface area contributed by atoms with Crippen LogP contribution in [0.3, 0.4) is 0 Å². The summed E-state index contributed by atoms with van der Waals surface area (Å²) >= 11 is 5.10. The molecule has 1 aromatic carbocycles. The van der Waals surface area contributed by atoms with Gasteiger partial charge in [0, 0.05) is 5.69 Å². The van der Waals surface area contributed by atoms with Crippen molar-refractivity contribution in [3.63, 3.8) is 0 Å².